The van der Waals surface area contributed by atoms with E-state index in [9.17, 15) is 13.2 Å². The summed E-state index contributed by atoms with van der Waals surface area (Å²) in [7, 11) is -2.93. The molecular formula is C15H21NO3S. The summed E-state index contributed by atoms with van der Waals surface area (Å²) in [6.45, 7) is 4.89. The van der Waals surface area contributed by atoms with Gasteiger partial charge in [0.15, 0.2) is 9.84 Å². The van der Waals surface area contributed by atoms with Gasteiger partial charge in [-0.3, -0.25) is 4.79 Å². The Labute approximate surface area is 120 Å². The monoisotopic (exact) mass is 295 g/mol. The first-order valence-electron chi connectivity index (χ1n) is 6.94. The van der Waals surface area contributed by atoms with Gasteiger partial charge in [0, 0.05) is 13.1 Å². The third-order valence-electron chi connectivity index (χ3n) is 3.67. The first-order valence-corrected chi connectivity index (χ1v) is 8.76. The van der Waals surface area contributed by atoms with Gasteiger partial charge < -0.3 is 4.90 Å². The maximum Gasteiger partial charge on any atom is 0.227 e. The second-order valence-electron chi connectivity index (χ2n) is 5.61. The van der Waals surface area contributed by atoms with Gasteiger partial charge in [0.1, 0.15) is 0 Å². The van der Waals surface area contributed by atoms with E-state index in [0.717, 1.165) is 5.56 Å². The maximum atomic E-state index is 12.2. The lowest BCUT2D eigenvalue weighted by Gasteiger charge is -2.26. The zero-order valence-electron chi connectivity index (χ0n) is 12.0. The van der Waals surface area contributed by atoms with Gasteiger partial charge in [-0.2, -0.15) is 0 Å². The van der Waals surface area contributed by atoms with E-state index >= 15 is 0 Å². The van der Waals surface area contributed by atoms with Gasteiger partial charge in [-0.1, -0.05) is 38.1 Å². The fourth-order valence-corrected chi connectivity index (χ4v) is 3.51. The predicted molar refractivity (Wildman–Crippen MR) is 79.5 cm³/mol. The summed E-state index contributed by atoms with van der Waals surface area (Å²) in [5, 5.41) is 0. The second-order valence-corrected chi connectivity index (χ2v) is 7.91. The van der Waals surface area contributed by atoms with E-state index < -0.39 is 9.84 Å². The van der Waals surface area contributed by atoms with Crippen LogP contribution in [0.4, 0.5) is 0 Å². The lowest BCUT2D eigenvalue weighted by atomic mass is 9.99. The maximum absolute atomic E-state index is 12.2. The SMILES string of the molecule is CC(C)c1cccc(CC(=O)N2CCS(=O)(=O)CC2)c1. The third-order valence-corrected chi connectivity index (χ3v) is 5.28. The molecule has 0 unspecified atom stereocenters. The molecule has 0 spiro atoms. The number of amides is 1. The summed E-state index contributed by atoms with van der Waals surface area (Å²) < 4.78 is 22.7. The van der Waals surface area contributed by atoms with Crippen molar-refractivity contribution in [2.75, 3.05) is 24.6 Å². The standard InChI is InChI=1S/C15H21NO3S/c1-12(2)14-5-3-4-13(10-14)11-15(17)16-6-8-20(18,19)9-7-16/h3-5,10,12H,6-9,11H2,1-2H3. The van der Waals surface area contributed by atoms with Gasteiger partial charge in [0.2, 0.25) is 5.91 Å². The van der Waals surface area contributed by atoms with Crippen LogP contribution in [0, 0.1) is 0 Å². The zero-order chi connectivity index (χ0) is 14.8. The predicted octanol–water partition coefficient (Wildman–Crippen LogP) is 1.61. The number of rotatable bonds is 3. The Balaban J connectivity index is 2.00. The van der Waals surface area contributed by atoms with E-state index in [1.165, 1.54) is 5.56 Å². The van der Waals surface area contributed by atoms with Gasteiger partial charge in [-0.05, 0) is 17.0 Å². The van der Waals surface area contributed by atoms with Crippen molar-refractivity contribution in [2.24, 2.45) is 0 Å². The summed E-state index contributed by atoms with van der Waals surface area (Å²) in [5.41, 5.74) is 2.21. The van der Waals surface area contributed by atoms with Crippen molar-refractivity contribution in [3.63, 3.8) is 0 Å². The minimum Gasteiger partial charge on any atom is -0.340 e. The average molecular weight is 295 g/mol. The van der Waals surface area contributed by atoms with E-state index in [1.807, 2.05) is 12.1 Å². The Morgan fingerprint density at radius 3 is 2.50 bits per heavy atom. The molecule has 20 heavy (non-hydrogen) atoms. The van der Waals surface area contributed by atoms with E-state index in [1.54, 1.807) is 4.90 Å². The molecular weight excluding hydrogens is 274 g/mol. The molecule has 0 aliphatic carbocycles. The van der Waals surface area contributed by atoms with Crippen molar-refractivity contribution in [3.8, 4) is 0 Å². The largest absolute Gasteiger partial charge is 0.340 e. The highest BCUT2D eigenvalue weighted by atomic mass is 32.2. The molecule has 4 nitrogen and oxygen atoms in total. The molecule has 1 aliphatic heterocycles. The molecule has 1 aromatic rings. The third kappa shape index (κ3) is 3.82. The second kappa shape index (κ2) is 5.95. The molecule has 1 heterocycles. The molecule has 0 aromatic heterocycles. The summed E-state index contributed by atoms with van der Waals surface area (Å²) in [6, 6.07) is 8.04. The molecule has 1 fully saturated rings. The van der Waals surface area contributed by atoms with Crippen LogP contribution in [0.1, 0.15) is 30.9 Å². The minimum absolute atomic E-state index is 0.0146. The van der Waals surface area contributed by atoms with Crippen LogP contribution in [0.2, 0.25) is 0 Å². The smallest absolute Gasteiger partial charge is 0.227 e. The number of sulfone groups is 1. The molecule has 0 atom stereocenters. The molecule has 1 aromatic carbocycles. The number of carbonyl (C=O) groups is 1. The number of hydrogen-bond donors (Lipinski definition) is 0. The Bertz CT molecular complexity index is 579. The summed E-state index contributed by atoms with van der Waals surface area (Å²) in [4.78, 5) is 13.8. The van der Waals surface area contributed by atoms with E-state index in [4.69, 9.17) is 0 Å². The van der Waals surface area contributed by atoms with Crippen molar-refractivity contribution >= 4 is 15.7 Å². The molecule has 0 bridgehead atoms. The Morgan fingerprint density at radius 1 is 1.25 bits per heavy atom. The molecule has 110 valence electrons. The Hall–Kier alpha value is -1.36. The van der Waals surface area contributed by atoms with Crippen molar-refractivity contribution in [1.29, 1.82) is 0 Å². The number of carbonyl (C=O) groups excluding carboxylic acids is 1. The summed E-state index contributed by atoms with van der Waals surface area (Å²) in [6.07, 6.45) is 0.348. The van der Waals surface area contributed by atoms with Crippen LogP contribution in [0.15, 0.2) is 24.3 Å². The highest BCUT2D eigenvalue weighted by Crippen LogP contribution is 2.16. The van der Waals surface area contributed by atoms with Crippen LogP contribution in [0.3, 0.4) is 0 Å². The lowest BCUT2D eigenvalue weighted by Crippen LogP contribution is -2.44. The van der Waals surface area contributed by atoms with Crippen molar-refractivity contribution in [3.05, 3.63) is 35.4 Å². The summed E-state index contributed by atoms with van der Waals surface area (Å²) >= 11 is 0. The van der Waals surface area contributed by atoms with Crippen LogP contribution >= 0.6 is 0 Å². The first kappa shape index (κ1) is 15.0. The number of hydrogen-bond acceptors (Lipinski definition) is 3. The fraction of sp³-hybridized carbons (Fsp3) is 0.533. The molecule has 0 radical (unpaired) electrons. The lowest BCUT2D eigenvalue weighted by molar-refractivity contribution is -0.130. The topological polar surface area (TPSA) is 54.5 Å². The van der Waals surface area contributed by atoms with Crippen LogP contribution in [-0.2, 0) is 21.1 Å². The van der Waals surface area contributed by atoms with Crippen molar-refractivity contribution in [2.45, 2.75) is 26.2 Å². The molecule has 0 N–H and O–H groups in total. The van der Waals surface area contributed by atoms with E-state index in [2.05, 4.69) is 26.0 Å². The molecule has 5 heteroatoms. The van der Waals surface area contributed by atoms with Gasteiger partial charge in [0.25, 0.3) is 0 Å². The quantitative estimate of drug-likeness (QED) is 0.851. The van der Waals surface area contributed by atoms with Gasteiger partial charge >= 0.3 is 0 Å². The molecule has 1 saturated heterocycles. The van der Waals surface area contributed by atoms with Gasteiger partial charge in [-0.15, -0.1) is 0 Å². The summed E-state index contributed by atoms with van der Waals surface area (Å²) in [5.74, 6) is 0.626. The van der Waals surface area contributed by atoms with E-state index in [-0.39, 0.29) is 17.4 Å². The van der Waals surface area contributed by atoms with Crippen LogP contribution in [0.25, 0.3) is 0 Å². The minimum atomic E-state index is -2.93. The van der Waals surface area contributed by atoms with Crippen LogP contribution < -0.4 is 0 Å². The van der Waals surface area contributed by atoms with Gasteiger partial charge in [0.05, 0.1) is 17.9 Å². The fourth-order valence-electron chi connectivity index (χ4n) is 2.31. The first-order chi connectivity index (χ1) is 9.37. The zero-order valence-corrected chi connectivity index (χ0v) is 12.8. The Kier molecular flexibility index (Phi) is 4.48. The molecule has 1 amide bonds. The van der Waals surface area contributed by atoms with Crippen LogP contribution in [0.5, 0.6) is 0 Å². The van der Waals surface area contributed by atoms with Crippen LogP contribution in [-0.4, -0.2) is 43.8 Å². The van der Waals surface area contributed by atoms with Crippen molar-refractivity contribution < 1.29 is 13.2 Å². The van der Waals surface area contributed by atoms with Crippen molar-refractivity contribution in [1.82, 2.24) is 4.90 Å². The average Bonchev–Trinajstić information content (AvgIpc) is 2.38. The normalized spacial score (nSPS) is 18.2. The van der Waals surface area contributed by atoms with Gasteiger partial charge in [-0.25, -0.2) is 8.42 Å². The molecule has 1 aliphatic rings. The molecule has 0 saturated carbocycles. The highest BCUT2D eigenvalue weighted by Gasteiger charge is 2.24. The number of nitrogens with zero attached hydrogens (tertiary/aromatic N) is 1. The Morgan fingerprint density at radius 2 is 1.90 bits per heavy atom. The number of benzene rings is 1. The highest BCUT2D eigenvalue weighted by molar-refractivity contribution is 7.91. The molecule has 2 rings (SSSR count). The van der Waals surface area contributed by atoms with E-state index in [0.29, 0.717) is 25.4 Å².